The zero-order valence-electron chi connectivity index (χ0n) is 14.0. The summed E-state index contributed by atoms with van der Waals surface area (Å²) in [5.41, 5.74) is 1.05. The van der Waals surface area contributed by atoms with Crippen LogP contribution in [0.3, 0.4) is 0 Å². The summed E-state index contributed by atoms with van der Waals surface area (Å²) in [5, 5.41) is 28.4. The summed E-state index contributed by atoms with van der Waals surface area (Å²) < 4.78 is 5.48. The monoisotopic (exact) mass is 369 g/mol. The number of rotatable bonds is 3. The van der Waals surface area contributed by atoms with E-state index in [1.807, 2.05) is 0 Å². The summed E-state index contributed by atoms with van der Waals surface area (Å²) in [6.45, 7) is 2.07. The lowest BCUT2D eigenvalue weighted by molar-refractivity contribution is -0.120. The molecular formula is C18H16ClN5O2. The molecule has 2 aromatic rings. The lowest BCUT2D eigenvalue weighted by Crippen LogP contribution is -2.50. The number of hydrogen-bond donors (Lipinski definition) is 3. The van der Waals surface area contributed by atoms with Crippen LogP contribution in [0.15, 0.2) is 18.2 Å². The molecule has 0 saturated heterocycles. The number of amides is 1. The Bertz CT molecular complexity index is 976. The number of ether oxygens (including phenoxy) is 1. The molecule has 2 unspecified atom stereocenters. The van der Waals surface area contributed by atoms with Crippen molar-refractivity contribution in [3.05, 3.63) is 40.0 Å². The number of nitrogens with one attached hydrogen (secondary N) is 3. The SMILES string of the molecule is CCCCc1[nH]nc2c1C1(C(=O)Nc3ccc(Cl)cc31)C(C#N)C(=N)O2. The van der Waals surface area contributed by atoms with Gasteiger partial charge in [-0.15, -0.1) is 5.10 Å². The van der Waals surface area contributed by atoms with Crippen LogP contribution in [-0.2, 0) is 16.6 Å². The number of hydrogen-bond acceptors (Lipinski definition) is 5. The number of anilines is 1. The quantitative estimate of drug-likeness (QED) is 0.770. The molecule has 0 bridgehead atoms. The van der Waals surface area contributed by atoms with Crippen LogP contribution in [0, 0.1) is 22.7 Å². The van der Waals surface area contributed by atoms with Crippen LogP contribution in [0.5, 0.6) is 5.88 Å². The number of fused-ring (bicyclic) bond motifs is 4. The Kier molecular flexibility index (Phi) is 3.74. The predicted molar refractivity (Wildman–Crippen MR) is 95.5 cm³/mol. The van der Waals surface area contributed by atoms with Crippen molar-refractivity contribution < 1.29 is 9.53 Å². The van der Waals surface area contributed by atoms with E-state index in [0.717, 1.165) is 18.5 Å². The van der Waals surface area contributed by atoms with E-state index in [0.29, 0.717) is 28.3 Å². The number of carbonyl (C=O) groups excluding carboxylic acids is 1. The minimum atomic E-state index is -1.39. The Morgan fingerprint density at radius 1 is 1.50 bits per heavy atom. The first-order valence-electron chi connectivity index (χ1n) is 8.39. The number of H-pyrrole nitrogens is 1. The number of halogens is 1. The predicted octanol–water partition coefficient (Wildman–Crippen LogP) is 3.15. The van der Waals surface area contributed by atoms with Gasteiger partial charge in [0, 0.05) is 16.4 Å². The van der Waals surface area contributed by atoms with Crippen LogP contribution in [0.4, 0.5) is 5.69 Å². The van der Waals surface area contributed by atoms with E-state index >= 15 is 0 Å². The number of aromatic amines is 1. The van der Waals surface area contributed by atoms with Gasteiger partial charge in [-0.25, -0.2) is 0 Å². The van der Waals surface area contributed by atoms with Gasteiger partial charge >= 0.3 is 0 Å². The molecule has 2 aliphatic heterocycles. The van der Waals surface area contributed by atoms with Crippen molar-refractivity contribution in [3.63, 3.8) is 0 Å². The van der Waals surface area contributed by atoms with E-state index in [1.54, 1.807) is 18.2 Å². The lowest BCUT2D eigenvalue weighted by atomic mass is 9.65. The zero-order valence-corrected chi connectivity index (χ0v) is 14.8. The van der Waals surface area contributed by atoms with Crippen molar-refractivity contribution in [1.29, 1.82) is 10.7 Å². The van der Waals surface area contributed by atoms with Crippen molar-refractivity contribution in [2.45, 2.75) is 31.6 Å². The number of unbranched alkanes of at least 4 members (excludes halogenated alkanes) is 1. The second-order valence-corrected chi connectivity index (χ2v) is 6.90. The average Bonchev–Trinajstić information content (AvgIpc) is 3.13. The van der Waals surface area contributed by atoms with Crippen molar-refractivity contribution in [2.75, 3.05) is 5.32 Å². The molecule has 1 spiro atoms. The molecule has 0 radical (unpaired) electrons. The summed E-state index contributed by atoms with van der Waals surface area (Å²) in [6, 6.07) is 7.17. The molecule has 0 saturated carbocycles. The van der Waals surface area contributed by atoms with Gasteiger partial charge in [-0.1, -0.05) is 24.9 Å². The molecule has 1 aromatic heterocycles. The molecular weight excluding hydrogens is 354 g/mol. The highest BCUT2D eigenvalue weighted by Gasteiger charge is 2.61. The van der Waals surface area contributed by atoms with Gasteiger partial charge in [0.05, 0.1) is 11.6 Å². The largest absolute Gasteiger partial charge is 0.422 e. The number of nitrogens with zero attached hydrogens (tertiary/aromatic N) is 2. The number of aryl methyl sites for hydroxylation is 1. The molecule has 0 fully saturated rings. The van der Waals surface area contributed by atoms with Crippen LogP contribution in [0.2, 0.25) is 5.02 Å². The van der Waals surface area contributed by atoms with Crippen LogP contribution in [-0.4, -0.2) is 22.0 Å². The molecule has 1 aromatic carbocycles. The summed E-state index contributed by atoms with van der Waals surface area (Å²) >= 11 is 6.19. The second kappa shape index (κ2) is 5.85. The number of aromatic nitrogens is 2. The molecule has 4 rings (SSSR count). The maximum atomic E-state index is 13.2. The van der Waals surface area contributed by atoms with Gasteiger partial charge in [-0.2, -0.15) is 5.26 Å². The van der Waals surface area contributed by atoms with E-state index < -0.39 is 11.3 Å². The molecule has 0 aliphatic carbocycles. The fourth-order valence-electron chi connectivity index (χ4n) is 3.86. The fraction of sp³-hybridized carbons (Fsp3) is 0.333. The van der Waals surface area contributed by atoms with Crippen molar-refractivity contribution in [1.82, 2.24) is 10.2 Å². The molecule has 1 amide bonds. The minimum Gasteiger partial charge on any atom is -0.422 e. The first-order valence-corrected chi connectivity index (χ1v) is 8.76. The van der Waals surface area contributed by atoms with E-state index in [1.165, 1.54) is 0 Å². The van der Waals surface area contributed by atoms with Gasteiger partial charge in [-0.3, -0.25) is 15.3 Å². The summed E-state index contributed by atoms with van der Waals surface area (Å²) in [4.78, 5) is 13.2. The Morgan fingerprint density at radius 2 is 2.31 bits per heavy atom. The third-order valence-corrected chi connectivity index (χ3v) is 5.26. The Labute approximate surface area is 154 Å². The highest BCUT2D eigenvalue weighted by atomic mass is 35.5. The molecule has 7 nitrogen and oxygen atoms in total. The fourth-order valence-corrected chi connectivity index (χ4v) is 4.04. The van der Waals surface area contributed by atoms with Crippen molar-refractivity contribution in [3.8, 4) is 11.9 Å². The topological polar surface area (TPSA) is 115 Å². The van der Waals surface area contributed by atoms with Gasteiger partial charge in [-0.05, 0) is 36.6 Å². The minimum absolute atomic E-state index is 0.176. The maximum Gasteiger partial charge on any atom is 0.244 e. The molecule has 3 heterocycles. The van der Waals surface area contributed by atoms with Crippen molar-refractivity contribution >= 4 is 29.1 Å². The second-order valence-electron chi connectivity index (χ2n) is 6.47. The summed E-state index contributed by atoms with van der Waals surface area (Å²) in [6.07, 6.45) is 2.52. The average molecular weight is 370 g/mol. The van der Waals surface area contributed by atoms with E-state index in [4.69, 9.17) is 21.7 Å². The summed E-state index contributed by atoms with van der Waals surface area (Å²) in [5.74, 6) is -1.59. The first kappa shape index (κ1) is 16.6. The first-order chi connectivity index (χ1) is 12.5. The van der Waals surface area contributed by atoms with Gasteiger partial charge in [0.2, 0.25) is 17.7 Å². The third kappa shape index (κ3) is 2.02. The molecule has 132 valence electrons. The smallest absolute Gasteiger partial charge is 0.244 e. The van der Waals surface area contributed by atoms with Gasteiger partial charge in [0.15, 0.2) is 0 Å². The van der Waals surface area contributed by atoms with E-state index in [-0.39, 0.29) is 17.7 Å². The highest BCUT2D eigenvalue weighted by molar-refractivity contribution is 6.31. The van der Waals surface area contributed by atoms with Crippen LogP contribution in [0.25, 0.3) is 0 Å². The summed E-state index contributed by atoms with van der Waals surface area (Å²) in [7, 11) is 0. The van der Waals surface area contributed by atoms with E-state index in [9.17, 15) is 10.1 Å². The van der Waals surface area contributed by atoms with E-state index in [2.05, 4.69) is 28.5 Å². The van der Waals surface area contributed by atoms with Gasteiger partial charge in [0.1, 0.15) is 11.3 Å². The standard InChI is InChI=1S/C18H16ClN5O2/c1-2-3-4-13-14-16(24-23-13)26-15(21)11(8-20)18(14)10-7-9(19)5-6-12(10)22-17(18)25/h5-7,11,21H,2-4H2,1H3,(H,22,25)(H,23,24). The maximum absolute atomic E-state index is 13.2. The van der Waals surface area contributed by atoms with Crippen LogP contribution >= 0.6 is 11.6 Å². The molecule has 26 heavy (non-hydrogen) atoms. The normalized spacial score (nSPS) is 23.2. The Balaban J connectivity index is 2.05. The van der Waals surface area contributed by atoms with Crippen LogP contribution in [0.1, 0.15) is 36.6 Å². The molecule has 2 atom stereocenters. The molecule has 2 aliphatic rings. The highest BCUT2D eigenvalue weighted by Crippen LogP contribution is 2.54. The van der Waals surface area contributed by atoms with Gasteiger partial charge in [0.25, 0.3) is 0 Å². The Morgan fingerprint density at radius 3 is 3.04 bits per heavy atom. The Hall–Kier alpha value is -2.85. The number of nitriles is 1. The van der Waals surface area contributed by atoms with Gasteiger partial charge < -0.3 is 10.1 Å². The third-order valence-electron chi connectivity index (χ3n) is 5.03. The number of carbonyl (C=O) groups is 1. The number of benzene rings is 1. The molecule has 3 N–H and O–H groups in total. The molecule has 8 heteroatoms. The zero-order chi connectivity index (χ0) is 18.5. The van der Waals surface area contributed by atoms with Crippen molar-refractivity contribution in [2.24, 2.45) is 5.92 Å². The van der Waals surface area contributed by atoms with Crippen LogP contribution < -0.4 is 10.1 Å². The lowest BCUT2D eigenvalue weighted by Gasteiger charge is -2.35.